The second-order valence-electron chi connectivity index (χ2n) is 6.19. The Morgan fingerprint density at radius 3 is 2.58 bits per heavy atom. The predicted octanol–water partition coefficient (Wildman–Crippen LogP) is 2.26. The molecule has 1 aliphatic heterocycles. The van der Waals surface area contributed by atoms with Crippen molar-refractivity contribution in [2.75, 3.05) is 32.7 Å². The number of benzene rings is 1. The Hall–Kier alpha value is -1.60. The van der Waals surface area contributed by atoms with E-state index in [4.69, 9.17) is 0 Å². The lowest BCUT2D eigenvalue weighted by molar-refractivity contribution is -0.134. The van der Waals surface area contributed by atoms with Crippen LogP contribution in [-0.2, 0) is 11.3 Å². The smallest absolute Gasteiger partial charge is 0.340 e. The normalized spacial score (nSPS) is 20.0. The van der Waals surface area contributed by atoms with Crippen molar-refractivity contribution in [1.29, 1.82) is 0 Å². The number of rotatable bonds is 5. The summed E-state index contributed by atoms with van der Waals surface area (Å²) in [6.07, 6.45) is -3.47. The number of nitrogens with zero attached hydrogens (tertiary/aromatic N) is 2. The molecule has 2 rings (SSSR count). The summed E-state index contributed by atoms with van der Waals surface area (Å²) in [6, 6.07) is 10.4. The molecule has 0 saturated carbocycles. The van der Waals surface area contributed by atoms with Gasteiger partial charge >= 0.3 is 6.18 Å². The Bertz CT molecular complexity index is 522. The number of nitrogens with one attached hydrogen (secondary N) is 1. The van der Waals surface area contributed by atoms with Gasteiger partial charge in [0.2, 0.25) is 5.91 Å². The van der Waals surface area contributed by atoms with E-state index in [1.165, 1.54) is 5.56 Å². The number of carbonyl (C=O) groups is 1. The largest absolute Gasteiger partial charge is 0.401 e. The number of alkyl halides is 3. The van der Waals surface area contributed by atoms with Gasteiger partial charge < -0.3 is 10.2 Å². The molecule has 1 saturated heterocycles. The van der Waals surface area contributed by atoms with E-state index in [9.17, 15) is 18.0 Å². The zero-order valence-electron chi connectivity index (χ0n) is 13.9. The molecule has 1 amide bonds. The van der Waals surface area contributed by atoms with E-state index >= 15 is 0 Å². The van der Waals surface area contributed by atoms with Crippen LogP contribution in [0.15, 0.2) is 30.3 Å². The van der Waals surface area contributed by atoms with Crippen molar-refractivity contribution in [3.8, 4) is 0 Å². The van der Waals surface area contributed by atoms with Gasteiger partial charge in [0.25, 0.3) is 0 Å². The van der Waals surface area contributed by atoms with Crippen molar-refractivity contribution >= 4 is 5.91 Å². The molecule has 0 radical (unpaired) electrons. The topological polar surface area (TPSA) is 35.6 Å². The highest BCUT2D eigenvalue weighted by molar-refractivity contribution is 5.78. The Morgan fingerprint density at radius 1 is 1.21 bits per heavy atom. The highest BCUT2D eigenvalue weighted by Crippen LogP contribution is 2.15. The summed E-state index contributed by atoms with van der Waals surface area (Å²) in [7, 11) is 0. The monoisotopic (exact) mass is 343 g/mol. The fourth-order valence-corrected chi connectivity index (χ4v) is 2.83. The molecule has 1 atom stereocenters. The van der Waals surface area contributed by atoms with E-state index in [2.05, 4.69) is 29.3 Å². The molecule has 0 spiro atoms. The molecule has 0 aliphatic carbocycles. The van der Waals surface area contributed by atoms with Crippen LogP contribution in [-0.4, -0.2) is 60.6 Å². The third kappa shape index (κ3) is 6.13. The van der Waals surface area contributed by atoms with Gasteiger partial charge in [-0.05, 0) is 18.9 Å². The maximum Gasteiger partial charge on any atom is 0.401 e. The van der Waals surface area contributed by atoms with Crippen LogP contribution < -0.4 is 5.32 Å². The Labute approximate surface area is 140 Å². The van der Waals surface area contributed by atoms with E-state index in [1.807, 2.05) is 18.2 Å². The highest BCUT2D eigenvalue weighted by Gasteiger charge is 2.28. The van der Waals surface area contributed by atoms with Crippen LogP contribution in [0.1, 0.15) is 18.9 Å². The van der Waals surface area contributed by atoms with Gasteiger partial charge in [0.05, 0.1) is 13.1 Å². The van der Waals surface area contributed by atoms with E-state index in [0.29, 0.717) is 19.1 Å². The van der Waals surface area contributed by atoms with Crippen molar-refractivity contribution in [3.63, 3.8) is 0 Å². The van der Waals surface area contributed by atoms with Gasteiger partial charge in [0, 0.05) is 32.2 Å². The van der Waals surface area contributed by atoms with Crippen LogP contribution >= 0.6 is 0 Å². The van der Waals surface area contributed by atoms with E-state index in [0.717, 1.165) is 19.5 Å². The van der Waals surface area contributed by atoms with Crippen LogP contribution in [0.5, 0.6) is 0 Å². The third-order valence-electron chi connectivity index (χ3n) is 4.28. The highest BCUT2D eigenvalue weighted by atomic mass is 19.4. The molecule has 1 aromatic carbocycles. The fraction of sp³-hybridized carbons (Fsp3) is 0.588. The molecule has 7 heteroatoms. The molecule has 134 valence electrons. The van der Waals surface area contributed by atoms with Crippen LogP contribution in [0.2, 0.25) is 0 Å². The van der Waals surface area contributed by atoms with Gasteiger partial charge in [-0.2, -0.15) is 13.2 Å². The second-order valence-corrected chi connectivity index (χ2v) is 6.19. The van der Waals surface area contributed by atoms with Crippen molar-refractivity contribution in [3.05, 3.63) is 35.9 Å². The molecular weight excluding hydrogens is 319 g/mol. The first-order valence-corrected chi connectivity index (χ1v) is 8.18. The van der Waals surface area contributed by atoms with Crippen LogP contribution in [0, 0.1) is 0 Å². The minimum atomic E-state index is -4.29. The zero-order valence-corrected chi connectivity index (χ0v) is 13.9. The predicted molar refractivity (Wildman–Crippen MR) is 86.4 cm³/mol. The van der Waals surface area contributed by atoms with Gasteiger partial charge in [-0.3, -0.25) is 9.69 Å². The van der Waals surface area contributed by atoms with Crippen LogP contribution in [0.4, 0.5) is 13.2 Å². The minimum Gasteiger partial charge on any atom is -0.340 e. The molecule has 1 aliphatic rings. The molecule has 4 nitrogen and oxygen atoms in total. The molecule has 0 bridgehead atoms. The summed E-state index contributed by atoms with van der Waals surface area (Å²) in [5.41, 5.74) is 1.22. The van der Waals surface area contributed by atoms with Gasteiger partial charge in [-0.1, -0.05) is 30.3 Å². The van der Waals surface area contributed by atoms with Gasteiger partial charge in [0.1, 0.15) is 0 Å². The summed E-state index contributed by atoms with van der Waals surface area (Å²) < 4.78 is 36.4. The van der Waals surface area contributed by atoms with Crippen LogP contribution in [0.3, 0.4) is 0 Å². The quantitative estimate of drug-likeness (QED) is 0.891. The van der Waals surface area contributed by atoms with Gasteiger partial charge in [-0.15, -0.1) is 0 Å². The van der Waals surface area contributed by atoms with Gasteiger partial charge in [-0.25, -0.2) is 0 Å². The number of hydrogen-bond acceptors (Lipinski definition) is 3. The Balaban J connectivity index is 1.83. The molecule has 24 heavy (non-hydrogen) atoms. The molecule has 1 unspecified atom stereocenters. The molecular formula is C17H24F3N3O. The number of hydrogen-bond donors (Lipinski definition) is 1. The van der Waals surface area contributed by atoms with Crippen molar-refractivity contribution in [1.82, 2.24) is 15.1 Å². The van der Waals surface area contributed by atoms with Crippen molar-refractivity contribution in [2.45, 2.75) is 32.1 Å². The first-order chi connectivity index (χ1) is 11.3. The van der Waals surface area contributed by atoms with Crippen LogP contribution in [0.25, 0.3) is 0 Å². The minimum absolute atomic E-state index is 0.270. The maximum atomic E-state index is 12.1. The second kappa shape index (κ2) is 8.48. The summed E-state index contributed by atoms with van der Waals surface area (Å²) >= 11 is 0. The summed E-state index contributed by atoms with van der Waals surface area (Å²) in [5, 5.41) is 2.18. The first-order valence-electron chi connectivity index (χ1n) is 8.18. The van der Waals surface area contributed by atoms with E-state index in [1.54, 1.807) is 4.90 Å². The molecule has 1 N–H and O–H groups in total. The average Bonchev–Trinajstić information content (AvgIpc) is 2.70. The molecule has 1 heterocycles. The molecule has 1 aromatic rings. The van der Waals surface area contributed by atoms with E-state index in [-0.39, 0.29) is 12.5 Å². The van der Waals surface area contributed by atoms with Crippen molar-refractivity contribution in [2.24, 2.45) is 0 Å². The SMILES string of the molecule is CC1CCN(C(=O)CNCC(F)(F)F)CCN1Cc1ccccc1. The average molecular weight is 343 g/mol. The number of carbonyl (C=O) groups excluding carboxylic acids is 1. The van der Waals surface area contributed by atoms with E-state index < -0.39 is 12.7 Å². The molecule has 1 fully saturated rings. The maximum absolute atomic E-state index is 12.1. The summed E-state index contributed by atoms with van der Waals surface area (Å²) in [5.74, 6) is -0.270. The Kier molecular flexibility index (Phi) is 6.62. The number of halogens is 3. The lowest BCUT2D eigenvalue weighted by Gasteiger charge is -2.26. The third-order valence-corrected chi connectivity index (χ3v) is 4.28. The lowest BCUT2D eigenvalue weighted by Crippen LogP contribution is -2.42. The van der Waals surface area contributed by atoms with Crippen molar-refractivity contribution < 1.29 is 18.0 Å². The standard InChI is InChI=1S/C17H24F3N3O/c1-14-7-8-22(16(24)11-21-13-17(18,19)20)9-10-23(14)12-15-5-3-2-4-6-15/h2-6,14,21H,7-13H2,1H3. The zero-order chi connectivity index (χ0) is 17.6. The number of amides is 1. The summed E-state index contributed by atoms with van der Waals surface area (Å²) in [6.45, 7) is 3.38. The lowest BCUT2D eigenvalue weighted by atomic mass is 10.1. The summed E-state index contributed by atoms with van der Waals surface area (Å²) in [4.78, 5) is 16.1. The Morgan fingerprint density at radius 2 is 1.92 bits per heavy atom. The first kappa shape index (κ1) is 18.7. The molecule has 0 aromatic heterocycles. The fourth-order valence-electron chi connectivity index (χ4n) is 2.83. The van der Waals surface area contributed by atoms with Gasteiger partial charge in [0.15, 0.2) is 0 Å².